The molecular weight excluding hydrogens is 464 g/mol. The van der Waals surface area contributed by atoms with E-state index in [4.69, 9.17) is 4.74 Å². The van der Waals surface area contributed by atoms with Gasteiger partial charge in [-0.1, -0.05) is 76.6 Å². The Morgan fingerprint density at radius 1 is 1.00 bits per heavy atom. The van der Waals surface area contributed by atoms with E-state index in [0.29, 0.717) is 29.0 Å². The van der Waals surface area contributed by atoms with Crippen molar-refractivity contribution in [2.75, 3.05) is 13.7 Å². The molecule has 0 fully saturated rings. The predicted octanol–water partition coefficient (Wildman–Crippen LogP) is 5.12. The fraction of sp³-hybridized carbons (Fsp3) is 0.174. The molecule has 0 aliphatic rings. The SMILES string of the molecule is CCOc1ccc(Br)cc1S(=O)(=O)/N=C(\c1ccccc1)N(C)Cc1ccccc1. The Morgan fingerprint density at radius 3 is 2.27 bits per heavy atom. The molecule has 0 spiro atoms. The molecule has 7 heteroatoms. The summed E-state index contributed by atoms with van der Waals surface area (Å²) in [6.07, 6.45) is 0. The van der Waals surface area contributed by atoms with Gasteiger partial charge in [0.25, 0.3) is 10.0 Å². The van der Waals surface area contributed by atoms with Gasteiger partial charge in [0.15, 0.2) is 0 Å². The maximum absolute atomic E-state index is 13.3. The molecule has 3 aromatic rings. The molecule has 0 unspecified atom stereocenters. The van der Waals surface area contributed by atoms with Crippen molar-refractivity contribution in [2.24, 2.45) is 4.40 Å². The Kier molecular flexibility index (Phi) is 7.29. The molecule has 0 bridgehead atoms. The van der Waals surface area contributed by atoms with E-state index < -0.39 is 10.0 Å². The summed E-state index contributed by atoms with van der Waals surface area (Å²) in [7, 11) is -2.20. The fourth-order valence-electron chi connectivity index (χ4n) is 2.98. The first-order chi connectivity index (χ1) is 14.4. The number of rotatable bonds is 7. The Hall–Kier alpha value is -2.64. The Balaban J connectivity index is 2.08. The number of amidine groups is 1. The van der Waals surface area contributed by atoms with Gasteiger partial charge in [0, 0.05) is 23.6 Å². The third kappa shape index (κ3) is 5.49. The molecule has 0 radical (unpaired) electrons. The average Bonchev–Trinajstić information content (AvgIpc) is 2.75. The zero-order valence-electron chi connectivity index (χ0n) is 16.8. The summed E-state index contributed by atoms with van der Waals surface area (Å²) < 4.78 is 37.0. The molecule has 0 heterocycles. The minimum Gasteiger partial charge on any atom is -0.492 e. The second-order valence-corrected chi connectivity index (χ2v) is 9.11. The standard InChI is InChI=1S/C23H23BrN2O3S/c1-3-29-21-15-14-20(24)16-22(21)30(27,28)25-23(19-12-8-5-9-13-19)26(2)17-18-10-6-4-7-11-18/h4-16H,3,17H2,1-2H3/b25-23+. The van der Waals surface area contributed by atoms with E-state index in [1.54, 1.807) is 12.1 Å². The van der Waals surface area contributed by atoms with Crippen molar-refractivity contribution in [2.45, 2.75) is 18.4 Å². The van der Waals surface area contributed by atoms with E-state index in [0.717, 1.165) is 5.56 Å². The second-order valence-electron chi connectivity index (χ2n) is 6.62. The van der Waals surface area contributed by atoms with E-state index in [1.165, 1.54) is 6.07 Å². The molecule has 5 nitrogen and oxygen atoms in total. The summed E-state index contributed by atoms with van der Waals surface area (Å²) in [4.78, 5) is 1.86. The van der Waals surface area contributed by atoms with Crippen molar-refractivity contribution in [1.29, 1.82) is 0 Å². The van der Waals surface area contributed by atoms with Crippen LogP contribution in [0.1, 0.15) is 18.1 Å². The summed E-state index contributed by atoms with van der Waals surface area (Å²) in [5, 5.41) is 0. The van der Waals surface area contributed by atoms with Gasteiger partial charge in [-0.2, -0.15) is 8.42 Å². The van der Waals surface area contributed by atoms with Crippen LogP contribution in [0.25, 0.3) is 0 Å². The van der Waals surface area contributed by atoms with Crippen LogP contribution in [0.4, 0.5) is 0 Å². The van der Waals surface area contributed by atoms with Crippen molar-refractivity contribution in [3.05, 3.63) is 94.5 Å². The van der Waals surface area contributed by atoms with Crippen LogP contribution in [-0.2, 0) is 16.6 Å². The lowest BCUT2D eigenvalue weighted by Crippen LogP contribution is -2.28. The Bertz CT molecular complexity index is 1120. The first-order valence-corrected chi connectivity index (χ1v) is 11.7. The second kappa shape index (κ2) is 9.91. The first-order valence-electron chi connectivity index (χ1n) is 9.48. The highest BCUT2D eigenvalue weighted by Crippen LogP contribution is 2.29. The molecule has 3 rings (SSSR count). The zero-order valence-corrected chi connectivity index (χ0v) is 19.2. The molecule has 0 atom stereocenters. The molecule has 30 heavy (non-hydrogen) atoms. The first kappa shape index (κ1) is 22.1. The lowest BCUT2D eigenvalue weighted by atomic mass is 10.1. The quantitative estimate of drug-likeness (QED) is 0.343. The largest absolute Gasteiger partial charge is 0.492 e. The van der Waals surface area contributed by atoms with Crippen molar-refractivity contribution < 1.29 is 13.2 Å². The number of hydrogen-bond donors (Lipinski definition) is 0. The van der Waals surface area contributed by atoms with Gasteiger partial charge in [0.05, 0.1) is 6.61 Å². The molecule has 0 aliphatic heterocycles. The molecule has 0 N–H and O–H groups in total. The van der Waals surface area contributed by atoms with E-state index in [-0.39, 0.29) is 10.6 Å². The smallest absolute Gasteiger partial charge is 0.288 e. The minimum absolute atomic E-state index is 0.0280. The van der Waals surface area contributed by atoms with Gasteiger partial charge in [-0.15, -0.1) is 4.40 Å². The number of hydrogen-bond acceptors (Lipinski definition) is 3. The van der Waals surface area contributed by atoms with E-state index in [2.05, 4.69) is 20.3 Å². The number of halogens is 1. The van der Waals surface area contributed by atoms with Crippen LogP contribution < -0.4 is 4.74 Å². The third-order valence-corrected chi connectivity index (χ3v) is 6.13. The molecule has 0 aliphatic carbocycles. The summed E-state index contributed by atoms with van der Waals surface area (Å²) in [6, 6.07) is 24.0. The molecule has 0 aromatic heterocycles. The monoisotopic (exact) mass is 486 g/mol. The van der Waals surface area contributed by atoms with Gasteiger partial charge in [-0.05, 0) is 30.7 Å². The van der Waals surface area contributed by atoms with Crippen LogP contribution in [0.2, 0.25) is 0 Å². The summed E-state index contributed by atoms with van der Waals surface area (Å²) in [5.74, 6) is 0.643. The normalized spacial score (nSPS) is 11.9. The van der Waals surface area contributed by atoms with Gasteiger partial charge in [-0.25, -0.2) is 0 Å². The van der Waals surface area contributed by atoms with Gasteiger partial charge >= 0.3 is 0 Å². The summed E-state index contributed by atoms with van der Waals surface area (Å²) in [5.41, 5.74) is 1.77. The van der Waals surface area contributed by atoms with Gasteiger partial charge < -0.3 is 9.64 Å². The van der Waals surface area contributed by atoms with E-state index in [9.17, 15) is 8.42 Å². The lowest BCUT2D eigenvalue weighted by molar-refractivity contribution is 0.331. The summed E-state index contributed by atoms with van der Waals surface area (Å²) >= 11 is 3.35. The van der Waals surface area contributed by atoms with Crippen molar-refractivity contribution in [1.82, 2.24) is 4.90 Å². The number of benzene rings is 3. The van der Waals surface area contributed by atoms with Crippen LogP contribution in [0.5, 0.6) is 5.75 Å². The lowest BCUT2D eigenvalue weighted by Gasteiger charge is -2.22. The van der Waals surface area contributed by atoms with E-state index >= 15 is 0 Å². The van der Waals surface area contributed by atoms with Crippen molar-refractivity contribution >= 4 is 31.8 Å². The topological polar surface area (TPSA) is 59.0 Å². The van der Waals surface area contributed by atoms with Crippen LogP contribution in [-0.4, -0.2) is 32.8 Å². The maximum Gasteiger partial charge on any atom is 0.288 e. The highest BCUT2D eigenvalue weighted by atomic mass is 79.9. The highest BCUT2D eigenvalue weighted by Gasteiger charge is 2.23. The van der Waals surface area contributed by atoms with Gasteiger partial charge in [-0.3, -0.25) is 0 Å². The van der Waals surface area contributed by atoms with Crippen LogP contribution in [0, 0.1) is 0 Å². The molecule has 0 amide bonds. The number of nitrogens with zero attached hydrogens (tertiary/aromatic N) is 2. The predicted molar refractivity (Wildman–Crippen MR) is 123 cm³/mol. The van der Waals surface area contributed by atoms with Crippen LogP contribution in [0.15, 0.2) is 92.6 Å². The molecule has 0 saturated carbocycles. The van der Waals surface area contributed by atoms with Gasteiger partial charge in [0.1, 0.15) is 16.5 Å². The Morgan fingerprint density at radius 2 is 1.63 bits per heavy atom. The average molecular weight is 487 g/mol. The van der Waals surface area contributed by atoms with Crippen molar-refractivity contribution in [3.63, 3.8) is 0 Å². The fourth-order valence-corrected chi connectivity index (χ4v) is 4.72. The molecule has 0 saturated heterocycles. The van der Waals surface area contributed by atoms with E-state index in [1.807, 2.05) is 79.5 Å². The van der Waals surface area contributed by atoms with Crippen molar-refractivity contribution in [3.8, 4) is 5.75 Å². The molecule has 3 aromatic carbocycles. The molecule has 156 valence electrons. The number of sulfonamides is 1. The highest BCUT2D eigenvalue weighted by molar-refractivity contribution is 9.10. The van der Waals surface area contributed by atoms with Gasteiger partial charge in [0.2, 0.25) is 0 Å². The Labute approximate surface area is 186 Å². The molecular formula is C23H23BrN2O3S. The van der Waals surface area contributed by atoms with Crippen LogP contribution >= 0.6 is 15.9 Å². The maximum atomic E-state index is 13.3. The minimum atomic E-state index is -4.03. The number of ether oxygens (including phenoxy) is 1. The zero-order chi connectivity index (χ0) is 21.6. The third-order valence-electron chi connectivity index (χ3n) is 4.35. The summed E-state index contributed by atoms with van der Waals surface area (Å²) in [6.45, 7) is 2.68. The van der Waals surface area contributed by atoms with Crippen LogP contribution in [0.3, 0.4) is 0 Å².